The summed E-state index contributed by atoms with van der Waals surface area (Å²) in [5, 5.41) is 0. The van der Waals surface area contributed by atoms with Crippen molar-refractivity contribution in [2.75, 3.05) is 45.1 Å². The molecular weight excluding hydrogens is 362 g/mol. The number of benzene rings is 2. The number of ether oxygens (including phenoxy) is 1. The molecule has 0 aliphatic carbocycles. The summed E-state index contributed by atoms with van der Waals surface area (Å²) >= 11 is 0. The summed E-state index contributed by atoms with van der Waals surface area (Å²) in [6.45, 7) is 5.31. The molecule has 2 aliphatic rings. The van der Waals surface area contributed by atoms with E-state index in [0.717, 1.165) is 74.6 Å². The third-order valence-electron chi connectivity index (χ3n) is 5.71. The van der Waals surface area contributed by atoms with E-state index in [0.29, 0.717) is 6.04 Å². The minimum atomic E-state index is 0.114. The summed E-state index contributed by atoms with van der Waals surface area (Å²) in [6, 6.07) is 15.7. The van der Waals surface area contributed by atoms with Gasteiger partial charge in [0.25, 0.3) is 5.91 Å². The van der Waals surface area contributed by atoms with Gasteiger partial charge in [0.1, 0.15) is 0 Å². The van der Waals surface area contributed by atoms with Gasteiger partial charge in [0.15, 0.2) is 0 Å². The van der Waals surface area contributed by atoms with Gasteiger partial charge in [0.2, 0.25) is 0 Å². The molecular formula is C24H27N3O2. The van der Waals surface area contributed by atoms with Gasteiger partial charge in [-0.1, -0.05) is 11.8 Å². The molecule has 0 radical (unpaired) electrons. The third kappa shape index (κ3) is 4.97. The number of carbonyl (C=O) groups excluding carboxylic acids is 1. The number of rotatable bonds is 2. The Morgan fingerprint density at radius 3 is 2.00 bits per heavy atom. The van der Waals surface area contributed by atoms with Gasteiger partial charge < -0.3 is 15.4 Å². The Balaban J connectivity index is 1.33. The van der Waals surface area contributed by atoms with E-state index in [1.807, 2.05) is 53.4 Å². The Morgan fingerprint density at radius 2 is 1.41 bits per heavy atom. The molecule has 5 nitrogen and oxygen atoms in total. The topological polar surface area (TPSA) is 58.8 Å². The lowest BCUT2D eigenvalue weighted by Gasteiger charge is -2.40. The highest BCUT2D eigenvalue weighted by Gasteiger charge is 2.28. The number of piperidine rings is 1. The zero-order chi connectivity index (χ0) is 20.1. The fourth-order valence-corrected chi connectivity index (χ4v) is 3.97. The molecule has 0 saturated carbocycles. The molecule has 150 valence electrons. The molecule has 2 aromatic carbocycles. The molecule has 0 aromatic heterocycles. The first kappa shape index (κ1) is 19.5. The molecule has 1 amide bonds. The van der Waals surface area contributed by atoms with Crippen molar-refractivity contribution < 1.29 is 9.53 Å². The Kier molecular flexibility index (Phi) is 6.14. The van der Waals surface area contributed by atoms with E-state index >= 15 is 0 Å². The van der Waals surface area contributed by atoms with Crippen LogP contribution in [0.3, 0.4) is 0 Å². The predicted molar refractivity (Wildman–Crippen MR) is 115 cm³/mol. The van der Waals surface area contributed by atoms with Crippen molar-refractivity contribution in [3.05, 3.63) is 65.2 Å². The average molecular weight is 389 g/mol. The third-order valence-corrected chi connectivity index (χ3v) is 5.71. The van der Waals surface area contributed by atoms with Crippen LogP contribution in [0.25, 0.3) is 0 Å². The van der Waals surface area contributed by atoms with E-state index in [2.05, 4.69) is 16.7 Å². The number of hydrogen-bond donors (Lipinski definition) is 1. The highest BCUT2D eigenvalue weighted by Crippen LogP contribution is 2.19. The van der Waals surface area contributed by atoms with E-state index in [4.69, 9.17) is 10.5 Å². The van der Waals surface area contributed by atoms with Gasteiger partial charge in [0.05, 0.1) is 13.2 Å². The van der Waals surface area contributed by atoms with E-state index < -0.39 is 0 Å². The molecule has 2 saturated heterocycles. The molecule has 5 heteroatoms. The van der Waals surface area contributed by atoms with E-state index in [1.54, 1.807) is 0 Å². The van der Waals surface area contributed by atoms with Gasteiger partial charge in [-0.2, -0.15) is 0 Å². The van der Waals surface area contributed by atoms with Gasteiger partial charge in [-0.3, -0.25) is 9.69 Å². The average Bonchev–Trinajstić information content (AvgIpc) is 2.79. The van der Waals surface area contributed by atoms with E-state index in [1.165, 1.54) is 0 Å². The second kappa shape index (κ2) is 9.13. The van der Waals surface area contributed by atoms with E-state index in [9.17, 15) is 4.79 Å². The van der Waals surface area contributed by atoms with Crippen LogP contribution in [0.15, 0.2) is 48.5 Å². The summed E-state index contributed by atoms with van der Waals surface area (Å²) in [5.74, 6) is 6.37. The monoisotopic (exact) mass is 389 g/mol. The molecule has 0 unspecified atom stereocenters. The summed E-state index contributed by atoms with van der Waals surface area (Å²) in [6.07, 6.45) is 2.08. The first-order chi connectivity index (χ1) is 14.2. The highest BCUT2D eigenvalue weighted by atomic mass is 16.5. The summed E-state index contributed by atoms with van der Waals surface area (Å²) in [5.41, 5.74) is 8.96. The minimum Gasteiger partial charge on any atom is -0.399 e. The van der Waals surface area contributed by atoms with Crippen molar-refractivity contribution in [3.8, 4) is 11.8 Å². The highest BCUT2D eigenvalue weighted by molar-refractivity contribution is 5.94. The lowest BCUT2D eigenvalue weighted by Crippen LogP contribution is -2.50. The first-order valence-corrected chi connectivity index (χ1v) is 10.3. The molecule has 2 aromatic rings. The minimum absolute atomic E-state index is 0.114. The van der Waals surface area contributed by atoms with Crippen LogP contribution in [0, 0.1) is 11.8 Å². The maximum absolute atomic E-state index is 12.8. The van der Waals surface area contributed by atoms with Gasteiger partial charge in [-0.25, -0.2) is 0 Å². The van der Waals surface area contributed by atoms with Crippen LogP contribution in [-0.2, 0) is 4.74 Å². The molecule has 0 spiro atoms. The second-order valence-corrected chi connectivity index (χ2v) is 7.62. The predicted octanol–water partition coefficient (Wildman–Crippen LogP) is 2.61. The van der Waals surface area contributed by atoms with Crippen LogP contribution in [0.1, 0.15) is 34.3 Å². The fourth-order valence-electron chi connectivity index (χ4n) is 3.97. The fraction of sp³-hybridized carbons (Fsp3) is 0.375. The summed E-state index contributed by atoms with van der Waals surface area (Å²) in [7, 11) is 0. The number of hydrogen-bond acceptors (Lipinski definition) is 4. The van der Waals surface area contributed by atoms with Crippen molar-refractivity contribution >= 4 is 11.6 Å². The van der Waals surface area contributed by atoms with Crippen molar-refractivity contribution in [1.29, 1.82) is 0 Å². The van der Waals surface area contributed by atoms with Crippen molar-refractivity contribution in [2.45, 2.75) is 18.9 Å². The molecule has 2 fully saturated rings. The Morgan fingerprint density at radius 1 is 0.862 bits per heavy atom. The number of nitrogens with two attached hydrogens (primary N) is 1. The summed E-state index contributed by atoms with van der Waals surface area (Å²) in [4.78, 5) is 17.3. The smallest absolute Gasteiger partial charge is 0.253 e. The van der Waals surface area contributed by atoms with Crippen LogP contribution in [0.4, 0.5) is 5.69 Å². The number of nitrogens with zero attached hydrogens (tertiary/aromatic N) is 2. The van der Waals surface area contributed by atoms with E-state index in [-0.39, 0.29) is 5.91 Å². The molecule has 0 bridgehead atoms. The molecule has 2 N–H and O–H groups in total. The van der Waals surface area contributed by atoms with Gasteiger partial charge in [-0.05, 0) is 61.4 Å². The summed E-state index contributed by atoms with van der Waals surface area (Å²) < 4.78 is 5.44. The first-order valence-electron chi connectivity index (χ1n) is 10.3. The number of nitrogen functional groups attached to an aromatic ring is 1. The maximum Gasteiger partial charge on any atom is 0.253 e. The Labute approximate surface area is 172 Å². The van der Waals surface area contributed by atoms with Gasteiger partial charge in [-0.15, -0.1) is 0 Å². The molecule has 0 atom stereocenters. The van der Waals surface area contributed by atoms with Crippen LogP contribution < -0.4 is 5.73 Å². The van der Waals surface area contributed by atoms with Crippen LogP contribution in [0.5, 0.6) is 0 Å². The van der Waals surface area contributed by atoms with Crippen molar-refractivity contribution in [3.63, 3.8) is 0 Å². The number of anilines is 1. The molecule has 4 rings (SSSR count). The maximum atomic E-state index is 12.8. The van der Waals surface area contributed by atoms with Crippen molar-refractivity contribution in [1.82, 2.24) is 9.80 Å². The Hall–Kier alpha value is -2.81. The lowest BCUT2D eigenvalue weighted by atomic mass is 10.0. The number of carbonyl (C=O) groups is 1. The number of amides is 1. The number of morpholine rings is 1. The van der Waals surface area contributed by atoms with Crippen molar-refractivity contribution in [2.24, 2.45) is 0 Å². The second-order valence-electron chi connectivity index (χ2n) is 7.62. The van der Waals surface area contributed by atoms with Crippen LogP contribution >= 0.6 is 0 Å². The zero-order valence-electron chi connectivity index (χ0n) is 16.6. The van der Waals surface area contributed by atoms with Gasteiger partial charge in [0, 0.05) is 54.6 Å². The lowest BCUT2D eigenvalue weighted by molar-refractivity contribution is 0.00159. The molecule has 2 heterocycles. The van der Waals surface area contributed by atoms with Gasteiger partial charge >= 0.3 is 0 Å². The zero-order valence-corrected chi connectivity index (χ0v) is 16.6. The standard InChI is InChI=1S/C24H27N3O2/c25-22-9-5-20(6-10-22)2-1-19-3-7-21(8-4-19)24(28)27-13-11-23(12-14-27)26-15-17-29-18-16-26/h3-10,23H,11-18,25H2. The van der Waals surface area contributed by atoms with Crippen LogP contribution in [0.2, 0.25) is 0 Å². The molecule has 2 aliphatic heterocycles. The SMILES string of the molecule is Nc1ccc(C#Cc2ccc(C(=O)N3CCC(N4CCOCC4)CC3)cc2)cc1. The van der Waals surface area contributed by atoms with Crippen LogP contribution in [-0.4, -0.2) is 61.1 Å². The number of likely N-dealkylation sites (tertiary alicyclic amines) is 1. The quantitative estimate of drug-likeness (QED) is 0.634. The normalized spacial score (nSPS) is 18.1. The largest absolute Gasteiger partial charge is 0.399 e. The molecule has 29 heavy (non-hydrogen) atoms. The Bertz CT molecular complexity index is 882.